The Kier molecular flexibility index (Phi) is 2.53. The van der Waals surface area contributed by atoms with Crippen molar-refractivity contribution in [2.24, 2.45) is 5.73 Å². The fourth-order valence-electron chi connectivity index (χ4n) is 2.18. The molecule has 2 N–H and O–H groups in total. The highest BCUT2D eigenvalue weighted by Gasteiger charge is 2.16. The second kappa shape index (κ2) is 3.82. The standard InChI is InChI=1S/C12H15NO/c13-12(14)11-7-5-10(6-8-11)9-3-1-2-4-9/h5-9H,1-4H2,(H2,13,14). The van der Waals surface area contributed by atoms with Crippen LogP contribution >= 0.6 is 0 Å². The normalized spacial score (nSPS) is 17.1. The van der Waals surface area contributed by atoms with Gasteiger partial charge in [0.15, 0.2) is 0 Å². The van der Waals surface area contributed by atoms with Crippen LogP contribution in [-0.4, -0.2) is 5.91 Å². The molecule has 74 valence electrons. The van der Waals surface area contributed by atoms with Crippen LogP contribution in [0.5, 0.6) is 0 Å². The van der Waals surface area contributed by atoms with E-state index >= 15 is 0 Å². The van der Waals surface area contributed by atoms with E-state index in [9.17, 15) is 4.79 Å². The Hall–Kier alpha value is -1.31. The molecule has 0 bridgehead atoms. The van der Waals surface area contributed by atoms with Gasteiger partial charge in [-0.3, -0.25) is 4.79 Å². The molecular formula is C12H15NO. The van der Waals surface area contributed by atoms with Crippen LogP contribution in [-0.2, 0) is 0 Å². The second-order valence-corrected chi connectivity index (χ2v) is 3.97. The van der Waals surface area contributed by atoms with Crippen molar-refractivity contribution >= 4 is 5.91 Å². The summed E-state index contributed by atoms with van der Waals surface area (Å²) >= 11 is 0. The number of carbonyl (C=O) groups excluding carboxylic acids is 1. The van der Waals surface area contributed by atoms with Crippen molar-refractivity contribution in [3.8, 4) is 0 Å². The summed E-state index contributed by atoms with van der Waals surface area (Å²) in [5.74, 6) is 0.361. The molecule has 1 aliphatic carbocycles. The average molecular weight is 189 g/mol. The molecule has 0 unspecified atom stereocenters. The van der Waals surface area contributed by atoms with Gasteiger partial charge in [0, 0.05) is 5.56 Å². The lowest BCUT2D eigenvalue weighted by atomic mass is 9.97. The first kappa shape index (κ1) is 9.25. The lowest BCUT2D eigenvalue weighted by Gasteiger charge is -2.09. The summed E-state index contributed by atoms with van der Waals surface area (Å²) in [6, 6.07) is 7.73. The molecule has 2 nitrogen and oxygen atoms in total. The molecule has 0 aromatic heterocycles. The van der Waals surface area contributed by atoms with Crippen LogP contribution in [0, 0.1) is 0 Å². The molecule has 0 atom stereocenters. The quantitative estimate of drug-likeness (QED) is 0.763. The maximum atomic E-state index is 10.9. The molecule has 1 saturated carbocycles. The zero-order valence-electron chi connectivity index (χ0n) is 8.20. The van der Waals surface area contributed by atoms with Crippen molar-refractivity contribution in [3.63, 3.8) is 0 Å². The van der Waals surface area contributed by atoms with Crippen LogP contribution in [0.25, 0.3) is 0 Å². The monoisotopic (exact) mass is 189 g/mol. The first-order chi connectivity index (χ1) is 6.77. The highest BCUT2D eigenvalue weighted by Crippen LogP contribution is 2.33. The average Bonchev–Trinajstić information content (AvgIpc) is 2.71. The molecule has 2 heteroatoms. The fraction of sp³-hybridized carbons (Fsp3) is 0.417. The zero-order chi connectivity index (χ0) is 9.97. The molecule has 0 aliphatic heterocycles. The minimum Gasteiger partial charge on any atom is -0.366 e. The Morgan fingerprint density at radius 3 is 2.21 bits per heavy atom. The van der Waals surface area contributed by atoms with Gasteiger partial charge in [0.05, 0.1) is 0 Å². The third-order valence-electron chi connectivity index (χ3n) is 3.02. The third kappa shape index (κ3) is 1.79. The van der Waals surface area contributed by atoms with Crippen molar-refractivity contribution in [1.82, 2.24) is 0 Å². The zero-order valence-corrected chi connectivity index (χ0v) is 8.20. The molecular weight excluding hydrogens is 174 g/mol. The largest absolute Gasteiger partial charge is 0.366 e. The Morgan fingerprint density at radius 2 is 1.71 bits per heavy atom. The number of primary amides is 1. The number of hydrogen-bond donors (Lipinski definition) is 1. The predicted octanol–water partition coefficient (Wildman–Crippen LogP) is 2.44. The van der Waals surface area contributed by atoms with Crippen molar-refractivity contribution < 1.29 is 4.79 Å². The van der Waals surface area contributed by atoms with Crippen LogP contribution in [0.1, 0.15) is 47.5 Å². The van der Waals surface area contributed by atoms with Gasteiger partial charge in [0.2, 0.25) is 5.91 Å². The van der Waals surface area contributed by atoms with E-state index in [4.69, 9.17) is 5.73 Å². The predicted molar refractivity (Wildman–Crippen MR) is 56.2 cm³/mol. The van der Waals surface area contributed by atoms with Gasteiger partial charge in [-0.05, 0) is 36.5 Å². The van der Waals surface area contributed by atoms with E-state index < -0.39 is 0 Å². The van der Waals surface area contributed by atoms with Crippen LogP contribution in [0.2, 0.25) is 0 Å². The Balaban J connectivity index is 2.16. The van der Waals surface area contributed by atoms with Gasteiger partial charge in [0.25, 0.3) is 0 Å². The molecule has 2 rings (SSSR count). The van der Waals surface area contributed by atoms with Crippen molar-refractivity contribution in [1.29, 1.82) is 0 Å². The maximum Gasteiger partial charge on any atom is 0.248 e. The highest BCUT2D eigenvalue weighted by molar-refractivity contribution is 5.92. The van der Waals surface area contributed by atoms with E-state index in [0.29, 0.717) is 11.5 Å². The molecule has 1 fully saturated rings. The third-order valence-corrected chi connectivity index (χ3v) is 3.02. The molecule has 1 aliphatic rings. The van der Waals surface area contributed by atoms with Gasteiger partial charge in [-0.1, -0.05) is 25.0 Å². The summed E-state index contributed by atoms with van der Waals surface area (Å²) in [6.07, 6.45) is 5.25. The van der Waals surface area contributed by atoms with E-state index in [1.165, 1.54) is 31.2 Å². The number of benzene rings is 1. The van der Waals surface area contributed by atoms with E-state index in [1.807, 2.05) is 24.3 Å². The lowest BCUT2D eigenvalue weighted by molar-refractivity contribution is 0.100. The molecule has 0 spiro atoms. The number of hydrogen-bond acceptors (Lipinski definition) is 1. The van der Waals surface area contributed by atoms with Gasteiger partial charge in [0.1, 0.15) is 0 Å². The van der Waals surface area contributed by atoms with Crippen LogP contribution in [0.4, 0.5) is 0 Å². The molecule has 0 radical (unpaired) electrons. The van der Waals surface area contributed by atoms with Gasteiger partial charge in [-0.2, -0.15) is 0 Å². The van der Waals surface area contributed by atoms with Crippen molar-refractivity contribution in [2.45, 2.75) is 31.6 Å². The second-order valence-electron chi connectivity index (χ2n) is 3.97. The maximum absolute atomic E-state index is 10.9. The molecule has 14 heavy (non-hydrogen) atoms. The number of carbonyl (C=O) groups is 1. The SMILES string of the molecule is NC(=O)c1ccc(C2CCCC2)cc1. The van der Waals surface area contributed by atoms with Crippen molar-refractivity contribution in [2.75, 3.05) is 0 Å². The molecule has 1 aromatic rings. The van der Waals surface area contributed by atoms with Crippen LogP contribution in [0.15, 0.2) is 24.3 Å². The Labute approximate surface area is 84.1 Å². The van der Waals surface area contributed by atoms with Crippen molar-refractivity contribution in [3.05, 3.63) is 35.4 Å². The van der Waals surface area contributed by atoms with Gasteiger partial charge in [-0.15, -0.1) is 0 Å². The van der Waals surface area contributed by atoms with Crippen LogP contribution in [0.3, 0.4) is 0 Å². The summed E-state index contributed by atoms with van der Waals surface area (Å²) < 4.78 is 0. The molecule has 1 aromatic carbocycles. The number of amides is 1. The van der Waals surface area contributed by atoms with E-state index in [2.05, 4.69) is 0 Å². The van der Waals surface area contributed by atoms with Gasteiger partial charge < -0.3 is 5.73 Å². The van der Waals surface area contributed by atoms with E-state index in [-0.39, 0.29) is 5.91 Å². The minimum atomic E-state index is -0.344. The molecule has 0 heterocycles. The molecule has 0 saturated heterocycles. The molecule has 1 amide bonds. The summed E-state index contributed by atoms with van der Waals surface area (Å²) in [6.45, 7) is 0. The minimum absolute atomic E-state index is 0.344. The smallest absolute Gasteiger partial charge is 0.248 e. The lowest BCUT2D eigenvalue weighted by Crippen LogP contribution is -2.10. The Bertz CT molecular complexity index is 323. The fourth-order valence-corrected chi connectivity index (χ4v) is 2.18. The van der Waals surface area contributed by atoms with E-state index in [1.54, 1.807) is 0 Å². The summed E-state index contributed by atoms with van der Waals surface area (Å²) in [5, 5.41) is 0. The van der Waals surface area contributed by atoms with E-state index in [0.717, 1.165) is 0 Å². The number of rotatable bonds is 2. The van der Waals surface area contributed by atoms with Crippen LogP contribution < -0.4 is 5.73 Å². The first-order valence-electron chi connectivity index (χ1n) is 5.17. The topological polar surface area (TPSA) is 43.1 Å². The number of nitrogens with two attached hydrogens (primary N) is 1. The summed E-state index contributed by atoms with van der Waals surface area (Å²) in [5.41, 5.74) is 7.14. The first-order valence-corrected chi connectivity index (χ1v) is 5.17. The summed E-state index contributed by atoms with van der Waals surface area (Å²) in [4.78, 5) is 10.9. The van der Waals surface area contributed by atoms with Gasteiger partial charge in [-0.25, -0.2) is 0 Å². The van der Waals surface area contributed by atoms with Gasteiger partial charge >= 0.3 is 0 Å². The summed E-state index contributed by atoms with van der Waals surface area (Å²) in [7, 11) is 0. The highest BCUT2D eigenvalue weighted by atomic mass is 16.1. The Morgan fingerprint density at radius 1 is 1.14 bits per heavy atom.